The number of aliphatic hydroxyl groups excluding tert-OH is 1. The molecule has 37 heavy (non-hydrogen) atoms. The van der Waals surface area contributed by atoms with E-state index in [4.69, 9.17) is 21.1 Å². The van der Waals surface area contributed by atoms with Crippen LogP contribution in [0.2, 0.25) is 5.02 Å². The minimum Gasteiger partial charge on any atom is -0.491 e. The lowest BCUT2D eigenvalue weighted by Crippen LogP contribution is -2.48. The fraction of sp³-hybridized carbons (Fsp3) is 0.407. The van der Waals surface area contributed by atoms with E-state index in [0.29, 0.717) is 36.2 Å². The second kappa shape index (κ2) is 13.3. The quantitative estimate of drug-likeness (QED) is 0.385. The van der Waals surface area contributed by atoms with Crippen molar-refractivity contribution in [2.75, 3.05) is 32.8 Å². The number of likely N-dealkylation sites (tertiary alicyclic amines) is 1. The van der Waals surface area contributed by atoms with Crippen molar-refractivity contribution in [3.05, 3.63) is 69.8 Å². The maximum absolute atomic E-state index is 12.7. The number of rotatable bonds is 10. The number of aliphatic hydroxyl groups is 1. The average Bonchev–Trinajstić information content (AvgIpc) is 2.90. The summed E-state index contributed by atoms with van der Waals surface area (Å²) in [5.74, 6) is 1.12. The third-order valence-electron chi connectivity index (χ3n) is 6.36. The van der Waals surface area contributed by atoms with E-state index in [-0.39, 0.29) is 25.2 Å². The summed E-state index contributed by atoms with van der Waals surface area (Å²) < 4.78 is 12.3. The number of amides is 1. The first-order chi connectivity index (χ1) is 17.9. The Morgan fingerprint density at radius 3 is 2.76 bits per heavy atom. The third kappa shape index (κ3) is 8.20. The van der Waals surface area contributed by atoms with Crippen LogP contribution in [0.5, 0.6) is 11.5 Å². The largest absolute Gasteiger partial charge is 0.491 e. The number of nitrogens with one attached hydrogen (secondary N) is 2. The van der Waals surface area contributed by atoms with Gasteiger partial charge in [0.1, 0.15) is 24.2 Å². The highest BCUT2D eigenvalue weighted by Gasteiger charge is 2.24. The number of ether oxygens (including phenoxy) is 2. The highest BCUT2D eigenvalue weighted by atomic mass is 79.9. The lowest BCUT2D eigenvalue weighted by molar-refractivity contribution is -0.134. The van der Waals surface area contributed by atoms with Gasteiger partial charge in [-0.3, -0.25) is 10.2 Å². The molecule has 0 unspecified atom stereocenters. The molecule has 0 saturated carbocycles. The van der Waals surface area contributed by atoms with Gasteiger partial charge in [-0.15, -0.1) is 0 Å². The Balaban J connectivity index is 1.15. The fourth-order valence-corrected chi connectivity index (χ4v) is 4.82. The second-order valence-electron chi connectivity index (χ2n) is 9.19. The summed E-state index contributed by atoms with van der Waals surface area (Å²) in [5, 5.41) is 18.4. The summed E-state index contributed by atoms with van der Waals surface area (Å²) in [4.78, 5) is 14.5. The topological polar surface area (TPSA) is 95.4 Å². The molecule has 0 spiro atoms. The molecule has 2 aromatic carbocycles. The molecule has 8 nitrogen and oxygen atoms in total. The van der Waals surface area contributed by atoms with Crippen molar-refractivity contribution in [1.29, 1.82) is 0 Å². The Morgan fingerprint density at radius 2 is 2.05 bits per heavy atom. The van der Waals surface area contributed by atoms with Crippen molar-refractivity contribution in [3.8, 4) is 11.5 Å². The lowest BCUT2D eigenvalue weighted by Gasteiger charge is -2.33. The second-order valence-corrected chi connectivity index (χ2v) is 10.5. The van der Waals surface area contributed by atoms with Gasteiger partial charge >= 0.3 is 0 Å². The number of piperidine rings is 1. The number of allylic oxidation sites excluding steroid dienone is 1. The number of halogens is 2. The molecule has 2 heterocycles. The smallest absolute Gasteiger partial charge is 0.260 e. The molecule has 1 atom stereocenters. The predicted octanol–water partition coefficient (Wildman–Crippen LogP) is 4.10. The molecule has 4 rings (SSSR count). The van der Waals surface area contributed by atoms with Crippen molar-refractivity contribution in [1.82, 2.24) is 15.6 Å². The summed E-state index contributed by atoms with van der Waals surface area (Å²) in [5.41, 5.74) is 5.65. The summed E-state index contributed by atoms with van der Waals surface area (Å²) in [7, 11) is 0. The zero-order chi connectivity index (χ0) is 26.2. The van der Waals surface area contributed by atoms with Crippen LogP contribution < -0.4 is 20.2 Å². The number of hydrazone groups is 1. The van der Waals surface area contributed by atoms with Crippen LogP contribution >= 0.6 is 27.5 Å². The van der Waals surface area contributed by atoms with Gasteiger partial charge in [0, 0.05) is 35.8 Å². The maximum atomic E-state index is 12.7. The van der Waals surface area contributed by atoms with Crippen molar-refractivity contribution >= 4 is 39.1 Å². The number of hydrogen-bond acceptors (Lipinski definition) is 7. The van der Waals surface area contributed by atoms with E-state index in [2.05, 4.69) is 38.4 Å². The molecule has 0 aromatic heterocycles. The van der Waals surface area contributed by atoms with Crippen LogP contribution in [0.15, 0.2) is 64.3 Å². The van der Waals surface area contributed by atoms with Gasteiger partial charge in [0.05, 0.1) is 10.7 Å². The number of carbonyl (C=O) groups is 1. The first-order valence-corrected chi connectivity index (χ1v) is 13.5. The molecule has 0 aliphatic carbocycles. The monoisotopic (exact) mass is 590 g/mol. The van der Waals surface area contributed by atoms with Gasteiger partial charge in [-0.2, -0.15) is 5.10 Å². The molecule has 0 bridgehead atoms. The molecule has 3 N–H and O–H groups in total. The Hall–Kier alpha value is -2.59. The van der Waals surface area contributed by atoms with E-state index in [9.17, 15) is 9.90 Å². The predicted molar refractivity (Wildman–Crippen MR) is 148 cm³/mol. The van der Waals surface area contributed by atoms with Gasteiger partial charge in [-0.1, -0.05) is 40.2 Å². The molecule has 2 aromatic rings. The molecule has 1 saturated heterocycles. The van der Waals surface area contributed by atoms with Crippen molar-refractivity contribution in [3.63, 3.8) is 0 Å². The van der Waals surface area contributed by atoms with E-state index >= 15 is 0 Å². The average molecular weight is 592 g/mol. The molecule has 198 valence electrons. The van der Waals surface area contributed by atoms with E-state index in [0.717, 1.165) is 47.1 Å². The van der Waals surface area contributed by atoms with Gasteiger partial charge in [0.2, 0.25) is 0 Å². The van der Waals surface area contributed by atoms with Gasteiger partial charge in [0.25, 0.3) is 5.91 Å². The van der Waals surface area contributed by atoms with Gasteiger partial charge in [-0.05, 0) is 67.6 Å². The first kappa shape index (κ1) is 27.4. The Bertz CT molecular complexity index is 1140. The van der Waals surface area contributed by atoms with Gasteiger partial charge in [-0.25, -0.2) is 0 Å². The third-order valence-corrected chi connectivity index (χ3v) is 7.15. The Morgan fingerprint density at radius 1 is 1.24 bits per heavy atom. The van der Waals surface area contributed by atoms with Crippen LogP contribution in [0.25, 0.3) is 0 Å². The molecule has 10 heteroatoms. The van der Waals surface area contributed by atoms with Crippen LogP contribution in [0.4, 0.5) is 0 Å². The molecule has 1 fully saturated rings. The molecule has 0 radical (unpaired) electrons. The van der Waals surface area contributed by atoms with Gasteiger partial charge in [0.15, 0.2) is 6.61 Å². The number of nitrogens with zero attached hydrogens (tertiary/aromatic N) is 2. The van der Waals surface area contributed by atoms with Crippen LogP contribution in [-0.4, -0.2) is 66.6 Å². The summed E-state index contributed by atoms with van der Waals surface area (Å²) >= 11 is 9.81. The first-order valence-electron chi connectivity index (χ1n) is 12.4. The van der Waals surface area contributed by atoms with Gasteiger partial charge < -0.3 is 24.8 Å². The van der Waals surface area contributed by atoms with Crippen LogP contribution in [0.3, 0.4) is 0 Å². The zero-order valence-electron chi connectivity index (χ0n) is 20.6. The number of hydrogen-bond donors (Lipinski definition) is 3. The van der Waals surface area contributed by atoms with Crippen LogP contribution in [0, 0.1) is 0 Å². The molecular formula is C27H32BrClN4O4. The normalized spacial score (nSPS) is 17.1. The Kier molecular flexibility index (Phi) is 9.85. The standard InChI is InChI=1S/C27H32BrClN4O4/c1-18-5-7-25(32-31-18)19-6-8-26(24(29)13-19)37-17-27(35)33-11-9-21(10-12-33)30-15-22(34)16-36-23-4-2-3-20(28)14-23/h2-4,6,8,13-14,21-22,30-31,34H,1,5,7,9-12,15-17H2/t22-/m0/s1. The van der Waals surface area contributed by atoms with E-state index in [1.165, 1.54) is 0 Å². The summed E-state index contributed by atoms with van der Waals surface area (Å²) in [6.07, 6.45) is 2.62. The minimum atomic E-state index is -0.621. The fourth-order valence-electron chi connectivity index (χ4n) is 4.21. The number of carbonyl (C=O) groups excluding carboxylic acids is 1. The zero-order valence-corrected chi connectivity index (χ0v) is 22.9. The van der Waals surface area contributed by atoms with E-state index in [1.807, 2.05) is 41.3 Å². The Labute approximate surface area is 230 Å². The molecule has 2 aliphatic heterocycles. The number of benzene rings is 2. The van der Waals surface area contributed by atoms with E-state index in [1.54, 1.807) is 6.07 Å². The van der Waals surface area contributed by atoms with Crippen molar-refractivity contribution < 1.29 is 19.4 Å². The highest BCUT2D eigenvalue weighted by molar-refractivity contribution is 9.10. The molecular weight excluding hydrogens is 560 g/mol. The van der Waals surface area contributed by atoms with Crippen LogP contribution in [-0.2, 0) is 4.79 Å². The minimum absolute atomic E-state index is 0.0643. The SMILES string of the molecule is C=C1CCC(c2ccc(OCC(=O)N3CCC(NC[C@H](O)COc4cccc(Br)c4)CC3)c(Cl)c2)=NN1. The summed E-state index contributed by atoms with van der Waals surface area (Å²) in [6.45, 7) is 5.72. The summed E-state index contributed by atoms with van der Waals surface area (Å²) in [6, 6.07) is 13.2. The molecule has 2 aliphatic rings. The maximum Gasteiger partial charge on any atom is 0.260 e. The van der Waals surface area contributed by atoms with Crippen LogP contribution in [0.1, 0.15) is 31.2 Å². The highest BCUT2D eigenvalue weighted by Crippen LogP contribution is 2.27. The van der Waals surface area contributed by atoms with Crippen molar-refractivity contribution in [2.45, 2.75) is 37.8 Å². The molecule has 1 amide bonds. The van der Waals surface area contributed by atoms with Crippen molar-refractivity contribution in [2.24, 2.45) is 5.10 Å². The lowest BCUT2D eigenvalue weighted by atomic mass is 10.0. The van der Waals surface area contributed by atoms with E-state index < -0.39 is 6.10 Å².